The van der Waals surface area contributed by atoms with Gasteiger partial charge in [0.15, 0.2) is 0 Å². The molecule has 0 bridgehead atoms. The van der Waals surface area contributed by atoms with Crippen molar-refractivity contribution in [2.45, 2.75) is 6.10 Å². The number of para-hydroxylation sites is 1. The number of nitrogens with one attached hydrogen (secondary N) is 1. The van der Waals surface area contributed by atoms with Crippen molar-refractivity contribution in [1.29, 1.82) is 0 Å². The maximum Gasteiger partial charge on any atom is 0.112 e. The molecule has 0 fully saturated rings. The minimum absolute atomic E-state index is 0.660. The number of aromatic nitrogens is 1. The van der Waals surface area contributed by atoms with Crippen LogP contribution in [0, 0.1) is 6.07 Å². The smallest absolute Gasteiger partial charge is 0.112 e. The molecule has 1 aromatic heterocycles. The standard InChI is InChI=1S/C11H10NO/c1-2-11(13)10-7-8-5-3-4-6-9(8)12-10/h2-6,11-13H,1H2. The van der Waals surface area contributed by atoms with Gasteiger partial charge >= 0.3 is 0 Å². The van der Waals surface area contributed by atoms with E-state index >= 15 is 0 Å². The maximum atomic E-state index is 9.45. The lowest BCUT2D eigenvalue weighted by atomic mass is 10.2. The first-order valence-corrected chi connectivity index (χ1v) is 4.12. The van der Waals surface area contributed by atoms with Crippen LogP contribution >= 0.6 is 0 Å². The van der Waals surface area contributed by atoms with Crippen molar-refractivity contribution in [1.82, 2.24) is 4.98 Å². The summed E-state index contributed by atoms with van der Waals surface area (Å²) in [5, 5.41) is 10.4. The van der Waals surface area contributed by atoms with Gasteiger partial charge in [-0.1, -0.05) is 24.3 Å². The van der Waals surface area contributed by atoms with Crippen LogP contribution < -0.4 is 0 Å². The highest BCUT2D eigenvalue weighted by Crippen LogP contribution is 2.19. The number of hydrogen-bond donors (Lipinski definition) is 2. The largest absolute Gasteiger partial charge is 0.383 e. The number of benzene rings is 1. The van der Waals surface area contributed by atoms with E-state index in [0.29, 0.717) is 5.69 Å². The summed E-state index contributed by atoms with van der Waals surface area (Å²) in [4.78, 5) is 3.07. The van der Waals surface area contributed by atoms with Gasteiger partial charge in [-0.3, -0.25) is 0 Å². The minimum atomic E-state index is -0.660. The van der Waals surface area contributed by atoms with Gasteiger partial charge in [-0.25, -0.2) is 0 Å². The Morgan fingerprint density at radius 2 is 2.23 bits per heavy atom. The first kappa shape index (κ1) is 8.08. The summed E-state index contributed by atoms with van der Waals surface area (Å²) in [6.45, 7) is 3.52. The zero-order valence-corrected chi connectivity index (χ0v) is 7.12. The first-order chi connectivity index (χ1) is 6.31. The zero-order valence-electron chi connectivity index (χ0n) is 7.12. The van der Waals surface area contributed by atoms with Crippen LogP contribution in [0.2, 0.25) is 0 Å². The molecule has 13 heavy (non-hydrogen) atoms. The van der Waals surface area contributed by atoms with E-state index in [0.717, 1.165) is 10.9 Å². The molecule has 1 aromatic carbocycles. The van der Waals surface area contributed by atoms with Gasteiger partial charge in [0.25, 0.3) is 0 Å². The van der Waals surface area contributed by atoms with Crippen molar-refractivity contribution in [3.05, 3.63) is 48.7 Å². The van der Waals surface area contributed by atoms with E-state index in [9.17, 15) is 5.11 Å². The molecule has 2 heteroatoms. The Bertz CT molecular complexity index is 397. The predicted molar refractivity (Wildman–Crippen MR) is 52.3 cm³/mol. The van der Waals surface area contributed by atoms with Crippen molar-refractivity contribution in [2.24, 2.45) is 0 Å². The molecule has 2 N–H and O–H groups in total. The third-order valence-electron chi connectivity index (χ3n) is 1.98. The summed E-state index contributed by atoms with van der Waals surface area (Å²) in [6.07, 6.45) is 0.814. The van der Waals surface area contributed by atoms with Gasteiger partial charge in [0, 0.05) is 17.0 Å². The average Bonchev–Trinajstić information content (AvgIpc) is 2.59. The van der Waals surface area contributed by atoms with E-state index in [1.807, 2.05) is 24.3 Å². The fourth-order valence-corrected chi connectivity index (χ4v) is 1.29. The van der Waals surface area contributed by atoms with Gasteiger partial charge in [0.1, 0.15) is 6.10 Å². The second-order valence-corrected chi connectivity index (χ2v) is 2.89. The molecule has 2 rings (SSSR count). The highest BCUT2D eigenvalue weighted by Gasteiger charge is 2.06. The van der Waals surface area contributed by atoms with Crippen molar-refractivity contribution in [2.75, 3.05) is 0 Å². The molecule has 1 radical (unpaired) electrons. The molecule has 0 aliphatic heterocycles. The fourth-order valence-electron chi connectivity index (χ4n) is 1.29. The third-order valence-corrected chi connectivity index (χ3v) is 1.98. The summed E-state index contributed by atoms with van der Waals surface area (Å²) in [5.74, 6) is 0. The second-order valence-electron chi connectivity index (χ2n) is 2.89. The van der Waals surface area contributed by atoms with E-state index in [4.69, 9.17) is 0 Å². The van der Waals surface area contributed by atoms with E-state index in [1.54, 1.807) is 0 Å². The third kappa shape index (κ3) is 1.36. The van der Waals surface area contributed by atoms with Gasteiger partial charge < -0.3 is 10.1 Å². The molecule has 2 aromatic rings. The topological polar surface area (TPSA) is 36.0 Å². The normalized spacial score (nSPS) is 13.0. The quantitative estimate of drug-likeness (QED) is 0.669. The SMILES string of the molecule is C=CC(O)c1[c]c2ccccc2[nH]1. The van der Waals surface area contributed by atoms with Crippen LogP contribution in [0.3, 0.4) is 0 Å². The van der Waals surface area contributed by atoms with Crippen LogP contribution in [-0.2, 0) is 0 Å². The zero-order chi connectivity index (χ0) is 9.26. The molecule has 0 aliphatic rings. The van der Waals surface area contributed by atoms with Crippen LogP contribution in [0.1, 0.15) is 11.8 Å². The highest BCUT2D eigenvalue weighted by molar-refractivity contribution is 5.79. The maximum absolute atomic E-state index is 9.45. The number of aliphatic hydroxyl groups excluding tert-OH is 1. The van der Waals surface area contributed by atoms with Gasteiger partial charge in [0.2, 0.25) is 0 Å². The predicted octanol–water partition coefficient (Wildman–Crippen LogP) is 2.19. The lowest BCUT2D eigenvalue weighted by Crippen LogP contribution is -1.91. The van der Waals surface area contributed by atoms with Crippen LogP contribution in [0.15, 0.2) is 36.9 Å². The molecular formula is C11H10NO. The summed E-state index contributed by atoms with van der Waals surface area (Å²) >= 11 is 0. The molecule has 0 saturated carbocycles. The molecule has 1 atom stereocenters. The Labute approximate surface area is 76.5 Å². The van der Waals surface area contributed by atoms with Crippen LogP contribution in [0.4, 0.5) is 0 Å². The summed E-state index contributed by atoms with van der Waals surface area (Å²) < 4.78 is 0. The van der Waals surface area contributed by atoms with Gasteiger partial charge in [-0.05, 0) is 6.07 Å². The molecule has 0 saturated heterocycles. The summed E-state index contributed by atoms with van der Waals surface area (Å²) in [6, 6.07) is 10.9. The van der Waals surface area contributed by atoms with Crippen LogP contribution in [-0.4, -0.2) is 10.1 Å². The van der Waals surface area contributed by atoms with E-state index < -0.39 is 6.10 Å². The van der Waals surface area contributed by atoms with Crippen molar-refractivity contribution in [3.63, 3.8) is 0 Å². The van der Waals surface area contributed by atoms with Crippen molar-refractivity contribution in [3.8, 4) is 0 Å². The number of hydrogen-bond acceptors (Lipinski definition) is 1. The van der Waals surface area contributed by atoms with Crippen LogP contribution in [0.5, 0.6) is 0 Å². The van der Waals surface area contributed by atoms with Crippen molar-refractivity contribution >= 4 is 10.9 Å². The molecule has 0 amide bonds. The van der Waals surface area contributed by atoms with E-state index in [-0.39, 0.29) is 0 Å². The number of H-pyrrole nitrogens is 1. The summed E-state index contributed by atoms with van der Waals surface area (Å²) in [5.41, 5.74) is 1.65. The van der Waals surface area contributed by atoms with Gasteiger partial charge in [0.05, 0.1) is 5.69 Å². The molecule has 2 nitrogen and oxygen atoms in total. The number of aromatic amines is 1. The molecular weight excluding hydrogens is 162 g/mol. The minimum Gasteiger partial charge on any atom is -0.383 e. The Kier molecular flexibility index (Phi) is 1.91. The Balaban J connectivity index is 2.55. The molecule has 0 aliphatic carbocycles. The molecule has 0 spiro atoms. The monoisotopic (exact) mass is 172 g/mol. The second kappa shape index (κ2) is 3.07. The average molecular weight is 172 g/mol. The van der Waals surface area contributed by atoms with Gasteiger partial charge in [-0.2, -0.15) is 0 Å². The van der Waals surface area contributed by atoms with Crippen molar-refractivity contribution < 1.29 is 5.11 Å². The summed E-state index contributed by atoms with van der Waals surface area (Å²) in [7, 11) is 0. The molecule has 1 heterocycles. The Morgan fingerprint density at radius 3 is 2.92 bits per heavy atom. The van der Waals surface area contributed by atoms with E-state index in [1.165, 1.54) is 6.08 Å². The number of aliphatic hydroxyl groups is 1. The number of rotatable bonds is 2. The molecule has 1 unspecified atom stereocenters. The Hall–Kier alpha value is -1.54. The number of fused-ring (bicyclic) bond motifs is 1. The Morgan fingerprint density at radius 1 is 1.46 bits per heavy atom. The van der Waals surface area contributed by atoms with Crippen LogP contribution in [0.25, 0.3) is 10.9 Å². The molecule has 65 valence electrons. The lowest BCUT2D eigenvalue weighted by Gasteiger charge is -1.98. The lowest BCUT2D eigenvalue weighted by molar-refractivity contribution is 0.225. The highest BCUT2D eigenvalue weighted by atomic mass is 16.3. The first-order valence-electron chi connectivity index (χ1n) is 4.12. The van der Waals surface area contributed by atoms with E-state index in [2.05, 4.69) is 17.6 Å². The van der Waals surface area contributed by atoms with Gasteiger partial charge in [-0.15, -0.1) is 6.58 Å². The fraction of sp³-hybridized carbons (Fsp3) is 0.0909.